The average Bonchev–Trinajstić information content (AvgIpc) is 2.27. The van der Waals surface area contributed by atoms with E-state index in [-0.39, 0.29) is 6.61 Å². The summed E-state index contributed by atoms with van der Waals surface area (Å²) in [6, 6.07) is 4.52. The first-order valence-electron chi connectivity index (χ1n) is 5.63. The van der Waals surface area contributed by atoms with Crippen LogP contribution in [-0.4, -0.2) is 36.3 Å². The Kier molecular flexibility index (Phi) is 5.22. The van der Waals surface area contributed by atoms with Gasteiger partial charge in [0.15, 0.2) is 0 Å². The van der Waals surface area contributed by atoms with Crippen molar-refractivity contribution in [2.75, 3.05) is 25.1 Å². The van der Waals surface area contributed by atoms with E-state index in [1.807, 2.05) is 24.2 Å². The van der Waals surface area contributed by atoms with Crippen LogP contribution in [-0.2, 0) is 6.54 Å². The summed E-state index contributed by atoms with van der Waals surface area (Å²) in [7, 11) is 1.92. The average molecular weight is 223 g/mol. The van der Waals surface area contributed by atoms with Gasteiger partial charge in [-0.15, -0.1) is 0 Å². The fourth-order valence-corrected chi connectivity index (χ4v) is 1.33. The van der Waals surface area contributed by atoms with Crippen molar-refractivity contribution in [2.45, 2.75) is 26.4 Å². The monoisotopic (exact) mass is 223 g/mol. The van der Waals surface area contributed by atoms with E-state index >= 15 is 0 Å². The van der Waals surface area contributed by atoms with Crippen molar-refractivity contribution in [2.24, 2.45) is 0 Å². The fraction of sp³-hybridized carbons (Fsp3) is 0.583. The molecule has 0 aliphatic carbocycles. The molecule has 0 bridgehead atoms. The molecule has 0 fully saturated rings. The summed E-state index contributed by atoms with van der Waals surface area (Å²) < 4.78 is 0. The number of rotatable bonds is 6. The zero-order valence-corrected chi connectivity index (χ0v) is 10.3. The van der Waals surface area contributed by atoms with E-state index in [4.69, 9.17) is 5.11 Å². The Bertz CT molecular complexity index is 298. The molecule has 1 heterocycles. The molecule has 0 radical (unpaired) electrons. The van der Waals surface area contributed by atoms with Crippen LogP contribution in [0.25, 0.3) is 0 Å². The number of aromatic nitrogens is 1. The SMILES string of the molecule is CC(C)NCc1ccc(N(C)CCO)nc1. The Labute approximate surface area is 97.3 Å². The van der Waals surface area contributed by atoms with Gasteiger partial charge in [-0.25, -0.2) is 4.98 Å². The van der Waals surface area contributed by atoms with Gasteiger partial charge in [0.2, 0.25) is 0 Å². The topological polar surface area (TPSA) is 48.4 Å². The molecule has 0 aromatic carbocycles. The smallest absolute Gasteiger partial charge is 0.128 e. The van der Waals surface area contributed by atoms with Crippen LogP contribution in [0, 0.1) is 0 Å². The number of hydrogen-bond donors (Lipinski definition) is 2. The van der Waals surface area contributed by atoms with Crippen molar-refractivity contribution < 1.29 is 5.11 Å². The molecule has 0 saturated heterocycles. The van der Waals surface area contributed by atoms with Gasteiger partial charge in [-0.2, -0.15) is 0 Å². The van der Waals surface area contributed by atoms with Gasteiger partial charge in [-0.3, -0.25) is 0 Å². The van der Waals surface area contributed by atoms with E-state index in [2.05, 4.69) is 30.2 Å². The Balaban J connectivity index is 2.53. The Hall–Kier alpha value is -1.13. The predicted octanol–water partition coefficient (Wildman–Crippen LogP) is 1.01. The van der Waals surface area contributed by atoms with Crippen LogP contribution in [0.2, 0.25) is 0 Å². The van der Waals surface area contributed by atoms with E-state index in [1.165, 1.54) is 5.56 Å². The van der Waals surface area contributed by atoms with Gasteiger partial charge in [0.25, 0.3) is 0 Å². The van der Waals surface area contributed by atoms with E-state index in [9.17, 15) is 0 Å². The lowest BCUT2D eigenvalue weighted by Gasteiger charge is -2.16. The summed E-state index contributed by atoms with van der Waals surface area (Å²) in [6.45, 7) is 5.84. The van der Waals surface area contributed by atoms with Crippen LogP contribution < -0.4 is 10.2 Å². The minimum absolute atomic E-state index is 0.148. The lowest BCUT2D eigenvalue weighted by molar-refractivity contribution is 0.304. The summed E-state index contributed by atoms with van der Waals surface area (Å²) in [6.07, 6.45) is 1.87. The molecular weight excluding hydrogens is 202 g/mol. The maximum Gasteiger partial charge on any atom is 0.128 e. The summed E-state index contributed by atoms with van der Waals surface area (Å²) in [5.74, 6) is 0.891. The van der Waals surface area contributed by atoms with Crippen molar-refractivity contribution in [1.82, 2.24) is 10.3 Å². The maximum atomic E-state index is 8.82. The van der Waals surface area contributed by atoms with Crippen molar-refractivity contribution in [1.29, 1.82) is 0 Å². The van der Waals surface area contributed by atoms with E-state index in [1.54, 1.807) is 0 Å². The molecule has 90 valence electrons. The molecule has 4 nitrogen and oxygen atoms in total. The van der Waals surface area contributed by atoms with E-state index < -0.39 is 0 Å². The summed E-state index contributed by atoms with van der Waals surface area (Å²) in [5.41, 5.74) is 1.18. The second-order valence-electron chi connectivity index (χ2n) is 4.21. The maximum absolute atomic E-state index is 8.82. The quantitative estimate of drug-likeness (QED) is 0.755. The number of aliphatic hydroxyl groups excluding tert-OH is 1. The number of anilines is 1. The first-order chi connectivity index (χ1) is 7.63. The van der Waals surface area contributed by atoms with Crippen LogP contribution in [0.5, 0.6) is 0 Å². The van der Waals surface area contributed by atoms with Gasteiger partial charge in [0, 0.05) is 32.4 Å². The first kappa shape index (κ1) is 12.9. The molecule has 0 amide bonds. The third-order valence-electron chi connectivity index (χ3n) is 2.35. The standard InChI is InChI=1S/C12H21N3O/c1-10(2)13-8-11-4-5-12(14-9-11)15(3)6-7-16/h4-5,9-10,13,16H,6-8H2,1-3H3. The lowest BCUT2D eigenvalue weighted by atomic mass is 10.2. The zero-order valence-electron chi connectivity index (χ0n) is 10.3. The van der Waals surface area contributed by atoms with Crippen molar-refractivity contribution in [3.05, 3.63) is 23.9 Å². The summed E-state index contributed by atoms with van der Waals surface area (Å²) >= 11 is 0. The number of hydrogen-bond acceptors (Lipinski definition) is 4. The number of aliphatic hydroxyl groups is 1. The van der Waals surface area contributed by atoms with Crippen molar-refractivity contribution in [3.63, 3.8) is 0 Å². The third kappa shape index (κ3) is 4.16. The van der Waals surface area contributed by atoms with Gasteiger partial charge in [0.05, 0.1) is 6.61 Å². The minimum Gasteiger partial charge on any atom is -0.395 e. The van der Waals surface area contributed by atoms with Crippen LogP contribution in [0.15, 0.2) is 18.3 Å². The number of nitrogens with zero attached hydrogens (tertiary/aromatic N) is 2. The van der Waals surface area contributed by atoms with E-state index in [0.717, 1.165) is 12.4 Å². The highest BCUT2D eigenvalue weighted by atomic mass is 16.3. The molecule has 0 aliphatic rings. The normalized spacial score (nSPS) is 10.8. The van der Waals surface area contributed by atoms with Crippen LogP contribution in [0.4, 0.5) is 5.82 Å². The van der Waals surface area contributed by atoms with Crippen LogP contribution >= 0.6 is 0 Å². The first-order valence-corrected chi connectivity index (χ1v) is 5.63. The molecule has 1 rings (SSSR count). The summed E-state index contributed by atoms with van der Waals surface area (Å²) in [4.78, 5) is 6.28. The molecule has 1 aromatic heterocycles. The second-order valence-corrected chi connectivity index (χ2v) is 4.21. The van der Waals surface area contributed by atoms with Gasteiger partial charge in [-0.1, -0.05) is 19.9 Å². The van der Waals surface area contributed by atoms with Crippen molar-refractivity contribution in [3.8, 4) is 0 Å². The molecule has 0 aliphatic heterocycles. The number of pyridine rings is 1. The highest BCUT2D eigenvalue weighted by Gasteiger charge is 2.01. The van der Waals surface area contributed by atoms with Crippen LogP contribution in [0.3, 0.4) is 0 Å². The van der Waals surface area contributed by atoms with Gasteiger partial charge < -0.3 is 15.3 Å². The molecular formula is C12H21N3O. The van der Waals surface area contributed by atoms with Gasteiger partial charge >= 0.3 is 0 Å². The molecule has 4 heteroatoms. The second kappa shape index (κ2) is 6.45. The number of likely N-dealkylation sites (N-methyl/N-ethyl adjacent to an activating group) is 1. The Morgan fingerprint density at radius 2 is 2.19 bits per heavy atom. The largest absolute Gasteiger partial charge is 0.395 e. The van der Waals surface area contributed by atoms with Gasteiger partial charge in [0.1, 0.15) is 5.82 Å². The third-order valence-corrected chi connectivity index (χ3v) is 2.35. The molecule has 2 N–H and O–H groups in total. The van der Waals surface area contributed by atoms with E-state index in [0.29, 0.717) is 12.6 Å². The lowest BCUT2D eigenvalue weighted by Crippen LogP contribution is -2.23. The predicted molar refractivity (Wildman–Crippen MR) is 66.6 cm³/mol. The Morgan fingerprint density at radius 3 is 2.69 bits per heavy atom. The highest BCUT2D eigenvalue weighted by molar-refractivity contribution is 5.38. The molecule has 0 spiro atoms. The van der Waals surface area contributed by atoms with Crippen LogP contribution in [0.1, 0.15) is 19.4 Å². The summed E-state index contributed by atoms with van der Waals surface area (Å²) in [5, 5.41) is 12.2. The van der Waals surface area contributed by atoms with Crippen molar-refractivity contribution >= 4 is 5.82 Å². The van der Waals surface area contributed by atoms with Gasteiger partial charge in [-0.05, 0) is 11.6 Å². The molecule has 16 heavy (non-hydrogen) atoms. The fourth-order valence-electron chi connectivity index (χ4n) is 1.33. The molecule has 1 aromatic rings. The highest BCUT2D eigenvalue weighted by Crippen LogP contribution is 2.09. The molecule has 0 unspecified atom stereocenters. The number of nitrogens with one attached hydrogen (secondary N) is 1. The zero-order chi connectivity index (χ0) is 12.0. The molecule has 0 atom stereocenters. The Morgan fingerprint density at radius 1 is 1.44 bits per heavy atom. The molecule has 0 saturated carbocycles. The minimum atomic E-state index is 0.148.